The lowest BCUT2D eigenvalue weighted by molar-refractivity contribution is 0.893. The van der Waals surface area contributed by atoms with Gasteiger partial charge in [-0.3, -0.25) is 0 Å². The Kier molecular flexibility index (Phi) is 0.831. The fraction of sp³-hybridized carbons (Fsp3) is 0.500. The first kappa shape index (κ1) is 2.94. The molecule has 0 bridgehead atoms. The highest BCUT2D eigenvalue weighted by Gasteiger charge is 2.14. The second-order valence-corrected chi connectivity index (χ2v) is 2.80. The van der Waals surface area contributed by atoms with Crippen LogP contribution < -0.4 is 4.90 Å². The summed E-state index contributed by atoms with van der Waals surface area (Å²) in [6, 6.07) is 1.44. The quantitative estimate of drug-likeness (QED) is 0.696. The maximum atomic E-state index is 7.81. The predicted molar refractivity (Wildman–Crippen MR) is 51.2 cm³/mol. The Balaban J connectivity index is 2.69. The molecule has 1 aromatic rings. The second-order valence-electron chi connectivity index (χ2n) is 1.99. The number of hydrogen-bond donors (Lipinski definition) is 0. The van der Waals surface area contributed by atoms with Crippen molar-refractivity contribution >= 4 is 21.9 Å². The topological polar surface area (TPSA) is 29.0 Å². The highest BCUT2D eigenvalue weighted by Crippen LogP contribution is 2.16. The van der Waals surface area contributed by atoms with Crippen molar-refractivity contribution in [1.82, 2.24) is 9.97 Å². The van der Waals surface area contributed by atoms with Crippen LogP contribution in [0.4, 0.5) is 5.95 Å². The molecule has 1 aliphatic rings. The van der Waals surface area contributed by atoms with Gasteiger partial charge in [0.2, 0.25) is 5.95 Å². The third kappa shape index (κ3) is 1.58. The summed E-state index contributed by atoms with van der Waals surface area (Å²) in [6.07, 6.45) is -4.94. The van der Waals surface area contributed by atoms with Gasteiger partial charge in [-0.05, 0) is 34.7 Å². The van der Waals surface area contributed by atoms with E-state index in [1.165, 1.54) is 12.3 Å². The molecule has 0 aromatic carbocycles. The van der Waals surface area contributed by atoms with Crippen LogP contribution in [-0.4, -0.2) is 23.0 Å². The van der Waals surface area contributed by atoms with Crippen molar-refractivity contribution in [2.45, 2.75) is 12.7 Å². The minimum atomic E-state index is -3.09. The van der Waals surface area contributed by atoms with Crippen molar-refractivity contribution in [1.29, 1.82) is 0 Å². The van der Waals surface area contributed by atoms with E-state index in [1.807, 2.05) is 0 Å². The van der Waals surface area contributed by atoms with E-state index >= 15 is 0 Å². The van der Waals surface area contributed by atoms with E-state index in [1.54, 1.807) is 0 Å². The largest absolute Gasteiger partial charge is 0.341 e. The Morgan fingerprint density at radius 3 is 2.92 bits per heavy atom. The monoisotopic (exact) mass is 235 g/mol. The van der Waals surface area contributed by atoms with Crippen LogP contribution in [0.3, 0.4) is 0 Å². The lowest BCUT2D eigenvalue weighted by atomic mass is 10.4. The van der Waals surface area contributed by atoms with Crippen LogP contribution in [0, 0.1) is 0 Å². The molecule has 0 amide bonds. The molecule has 1 aliphatic heterocycles. The highest BCUT2D eigenvalue weighted by atomic mass is 79.9. The van der Waals surface area contributed by atoms with Crippen molar-refractivity contribution in [3.8, 4) is 0 Å². The molecular formula is C8H10BrN3. The molecule has 0 saturated carbocycles. The minimum Gasteiger partial charge on any atom is -0.341 e. The van der Waals surface area contributed by atoms with Gasteiger partial charge in [-0.2, -0.15) is 0 Å². The molecule has 3 nitrogen and oxygen atoms in total. The summed E-state index contributed by atoms with van der Waals surface area (Å²) in [5.74, 6) is -0.431. The fourth-order valence-corrected chi connectivity index (χ4v) is 1.01. The molecule has 1 fully saturated rings. The summed E-state index contributed by atoms with van der Waals surface area (Å²) in [6.45, 7) is -5.92. The first-order valence-electron chi connectivity index (χ1n) is 7.16. The van der Waals surface area contributed by atoms with Crippen LogP contribution in [0.1, 0.15) is 23.7 Å². The van der Waals surface area contributed by atoms with Gasteiger partial charge in [0.1, 0.15) is 4.60 Å². The van der Waals surface area contributed by atoms with E-state index in [9.17, 15) is 0 Å². The second kappa shape index (κ2) is 3.39. The smallest absolute Gasteiger partial charge is 0.226 e. The molecule has 1 aromatic heterocycles. The van der Waals surface area contributed by atoms with Crippen LogP contribution in [0.25, 0.3) is 0 Å². The average molecular weight is 236 g/mol. The summed E-state index contributed by atoms with van der Waals surface area (Å²) < 4.78 is 62.1. The lowest BCUT2D eigenvalue weighted by Gasteiger charge is -2.13. The Labute approximate surface area is 91.2 Å². The van der Waals surface area contributed by atoms with E-state index in [2.05, 4.69) is 25.9 Å². The molecule has 0 N–H and O–H groups in total. The van der Waals surface area contributed by atoms with Crippen molar-refractivity contribution in [3.63, 3.8) is 0 Å². The van der Waals surface area contributed by atoms with Gasteiger partial charge in [0, 0.05) is 30.2 Å². The molecule has 12 heavy (non-hydrogen) atoms. The number of anilines is 1. The first-order chi connectivity index (χ1) is 8.87. The van der Waals surface area contributed by atoms with Gasteiger partial charge in [-0.15, -0.1) is 0 Å². The van der Waals surface area contributed by atoms with Crippen LogP contribution in [0.2, 0.25) is 0 Å². The number of halogens is 1. The van der Waals surface area contributed by atoms with E-state index in [0.29, 0.717) is 4.90 Å². The number of nitrogens with zero attached hydrogens (tertiary/aromatic N) is 3. The SMILES string of the molecule is [2H]C1([2H])N(c2nccc(Br)n2)C([2H])([2H])C([2H])([2H])C1([2H])[2H]. The first-order valence-corrected chi connectivity index (χ1v) is 3.95. The van der Waals surface area contributed by atoms with Gasteiger partial charge in [-0.25, -0.2) is 9.97 Å². The number of aromatic nitrogens is 2. The van der Waals surface area contributed by atoms with Crippen LogP contribution in [0.15, 0.2) is 16.9 Å². The maximum Gasteiger partial charge on any atom is 0.226 e. The maximum absolute atomic E-state index is 7.81. The minimum absolute atomic E-state index is 0.252. The molecule has 0 radical (unpaired) electrons. The summed E-state index contributed by atoms with van der Waals surface area (Å²) in [4.78, 5) is 7.82. The van der Waals surface area contributed by atoms with Gasteiger partial charge < -0.3 is 4.90 Å². The Bertz CT molecular complexity index is 522. The van der Waals surface area contributed by atoms with Crippen LogP contribution >= 0.6 is 15.9 Å². The molecule has 2 rings (SSSR count). The van der Waals surface area contributed by atoms with Crippen LogP contribution in [0.5, 0.6) is 0 Å². The molecular weight excluding hydrogens is 218 g/mol. The Hall–Kier alpha value is -0.640. The van der Waals surface area contributed by atoms with E-state index in [4.69, 9.17) is 11.0 Å². The standard InChI is InChI=1S/C8H10BrN3/c9-7-3-4-10-8(11-7)12-5-1-2-6-12/h3-4H,1-2,5-6H2/i1D2,2D2,5D2,6D2. The number of hydrogen-bond acceptors (Lipinski definition) is 3. The van der Waals surface area contributed by atoms with E-state index in [0.717, 1.165) is 0 Å². The average Bonchev–Trinajstić information content (AvgIpc) is 2.33. The number of rotatable bonds is 1. The molecule has 1 saturated heterocycles. The molecule has 0 atom stereocenters. The zero-order valence-corrected chi connectivity index (χ0v) is 7.46. The zero-order chi connectivity index (χ0) is 15.6. The third-order valence-electron chi connectivity index (χ3n) is 1.21. The Morgan fingerprint density at radius 2 is 2.25 bits per heavy atom. The van der Waals surface area contributed by atoms with Gasteiger partial charge in [0.15, 0.2) is 0 Å². The Morgan fingerprint density at radius 1 is 1.50 bits per heavy atom. The summed E-state index contributed by atoms with van der Waals surface area (Å²) in [7, 11) is 0. The van der Waals surface area contributed by atoms with Crippen LogP contribution in [-0.2, 0) is 0 Å². The molecule has 0 spiro atoms. The van der Waals surface area contributed by atoms with Gasteiger partial charge >= 0.3 is 0 Å². The van der Waals surface area contributed by atoms with Gasteiger partial charge in [0.05, 0.1) is 0 Å². The van der Waals surface area contributed by atoms with Crippen molar-refractivity contribution in [2.24, 2.45) is 0 Å². The molecule has 2 heterocycles. The normalized spacial score (nSPS) is 43.6. The molecule has 64 valence electrons. The third-order valence-corrected chi connectivity index (χ3v) is 1.65. The lowest BCUT2D eigenvalue weighted by Crippen LogP contribution is -2.20. The summed E-state index contributed by atoms with van der Waals surface area (Å²) in [5.41, 5.74) is 0. The van der Waals surface area contributed by atoms with Crippen molar-refractivity contribution < 1.29 is 11.0 Å². The highest BCUT2D eigenvalue weighted by molar-refractivity contribution is 9.10. The fourth-order valence-electron chi connectivity index (χ4n) is 0.730. The molecule has 0 unspecified atom stereocenters. The predicted octanol–water partition coefficient (Wildman–Crippen LogP) is 1.84. The molecule has 0 aliphatic carbocycles. The molecule has 4 heteroatoms. The van der Waals surface area contributed by atoms with Crippen molar-refractivity contribution in [2.75, 3.05) is 17.9 Å². The van der Waals surface area contributed by atoms with Crippen molar-refractivity contribution in [3.05, 3.63) is 16.9 Å². The summed E-state index contributed by atoms with van der Waals surface area (Å²) in [5, 5.41) is 0. The van der Waals surface area contributed by atoms with E-state index < -0.39 is 31.7 Å². The van der Waals surface area contributed by atoms with Gasteiger partial charge in [0.25, 0.3) is 0 Å². The van der Waals surface area contributed by atoms with Gasteiger partial charge in [-0.1, -0.05) is 0 Å². The summed E-state index contributed by atoms with van der Waals surface area (Å²) >= 11 is 3.03. The zero-order valence-electron chi connectivity index (χ0n) is 13.9. The van der Waals surface area contributed by atoms with E-state index in [-0.39, 0.29) is 4.60 Å².